The average Bonchev–Trinajstić information content (AvgIpc) is 2.97. The van der Waals surface area contributed by atoms with Crippen molar-refractivity contribution in [3.05, 3.63) is 10.1 Å². The van der Waals surface area contributed by atoms with Gasteiger partial charge in [-0.25, -0.2) is 0 Å². The fourth-order valence-electron chi connectivity index (χ4n) is 4.92. The van der Waals surface area contributed by atoms with E-state index in [0.717, 1.165) is 6.42 Å². The molecule has 0 N–H and O–H groups in total. The Morgan fingerprint density at radius 2 is 1.15 bits per heavy atom. The Kier molecular flexibility index (Phi) is 3.74. The Hall–Kier alpha value is 2.94. The highest BCUT2D eigenvalue weighted by Gasteiger charge is 2.87. The maximum atomic E-state index is 6.90. The molecule has 0 radical (unpaired) electrons. The van der Waals surface area contributed by atoms with E-state index in [0.29, 0.717) is 29.7 Å². The van der Waals surface area contributed by atoms with Gasteiger partial charge in [-0.2, -0.15) is 0 Å². The summed E-state index contributed by atoms with van der Waals surface area (Å²) in [5.74, 6) is 1.09. The van der Waals surface area contributed by atoms with Crippen molar-refractivity contribution in [3.8, 4) is 0 Å². The van der Waals surface area contributed by atoms with Crippen LogP contribution < -0.4 is 0 Å². The van der Waals surface area contributed by atoms with Gasteiger partial charge < -0.3 is 0 Å². The quantitative estimate of drug-likeness (QED) is 0.169. The molecule has 8 heteroatoms. The molecule has 0 amide bonds. The normalized spacial score (nSPS) is 62.4. The molecule has 8 atom stereocenters. The highest BCUT2D eigenvalue weighted by Crippen LogP contribution is 2.83. The molecule has 0 aromatic carbocycles. The minimum atomic E-state index is -1.36. The number of rotatable bonds is 0. The summed E-state index contributed by atoms with van der Waals surface area (Å²) in [5, 5.41) is 0.700. The second kappa shape index (κ2) is 4.56. The molecule has 0 saturated heterocycles. The smallest absolute Gasteiger partial charge is 0.109 e. The zero-order chi connectivity index (χ0) is 14.8. The summed E-state index contributed by atoms with van der Waals surface area (Å²) in [6, 6.07) is 0. The molecule has 0 aliphatic heterocycles. The van der Waals surface area contributed by atoms with Crippen molar-refractivity contribution < 1.29 is 0 Å². The van der Waals surface area contributed by atoms with E-state index < -0.39 is 14.1 Å². The first-order valence-corrected chi connectivity index (χ1v) is 11.0. The Morgan fingerprint density at radius 1 is 0.800 bits per heavy atom. The van der Waals surface area contributed by atoms with Crippen LogP contribution in [0.1, 0.15) is 6.42 Å². The van der Waals surface area contributed by atoms with E-state index in [1.165, 1.54) is 0 Å². The van der Waals surface area contributed by atoms with E-state index in [-0.39, 0.29) is 11.8 Å². The van der Waals surface area contributed by atoms with Crippen LogP contribution in [-0.4, -0.2) is 21.9 Å². The first-order chi connectivity index (χ1) is 9.11. The van der Waals surface area contributed by atoms with Crippen molar-refractivity contribution in [1.29, 1.82) is 0 Å². The van der Waals surface area contributed by atoms with Crippen LogP contribution in [-0.2, 0) is 0 Å². The van der Waals surface area contributed by atoms with Crippen LogP contribution in [0.15, 0.2) is 10.1 Å². The van der Waals surface area contributed by atoms with Crippen LogP contribution in [0.25, 0.3) is 0 Å². The molecule has 4 bridgehead atoms. The molecule has 4 rings (SSSR count). The molecule has 112 valence electrons. The standard InChI is InChI=1S/C12H8Cl6I2/c13-8-9(14)11(16)5-3-1-2(6(19)7(3)20)4(5)10(8,15)12(11,17)18/h2-7H,1H2/t2-,3+,4-,5-,6+,7-,10+,11+/m1/s1. The summed E-state index contributed by atoms with van der Waals surface area (Å²) < 4.78 is -0.273. The van der Waals surface area contributed by atoms with Gasteiger partial charge in [0.1, 0.15) is 9.75 Å². The van der Waals surface area contributed by atoms with E-state index >= 15 is 0 Å². The van der Waals surface area contributed by atoms with Crippen molar-refractivity contribution in [3.63, 3.8) is 0 Å². The van der Waals surface area contributed by atoms with Gasteiger partial charge in [0.05, 0.1) is 10.1 Å². The molecule has 0 aromatic heterocycles. The first-order valence-electron chi connectivity index (χ1n) is 6.21. The van der Waals surface area contributed by atoms with Gasteiger partial charge in [0.15, 0.2) is 4.33 Å². The Labute approximate surface area is 174 Å². The zero-order valence-corrected chi connectivity index (χ0v) is 18.5. The molecule has 3 saturated carbocycles. The number of hydrogen-bond acceptors (Lipinski definition) is 0. The second-order valence-corrected chi connectivity index (χ2v) is 12.3. The van der Waals surface area contributed by atoms with Crippen LogP contribution >= 0.6 is 115 Å². The van der Waals surface area contributed by atoms with Gasteiger partial charge in [0.2, 0.25) is 0 Å². The van der Waals surface area contributed by atoms with Crippen LogP contribution in [0, 0.1) is 23.7 Å². The molecule has 0 unspecified atom stereocenters. The number of halogens is 8. The molecule has 4 aliphatic carbocycles. The Morgan fingerprint density at radius 3 is 1.50 bits per heavy atom. The maximum absolute atomic E-state index is 6.90. The predicted molar refractivity (Wildman–Crippen MR) is 105 cm³/mol. The molecule has 3 fully saturated rings. The fourth-order valence-corrected chi connectivity index (χ4v) is 10.6. The summed E-state index contributed by atoms with van der Waals surface area (Å²) in [4.78, 5) is -2.11. The van der Waals surface area contributed by atoms with Gasteiger partial charge >= 0.3 is 0 Å². The average molecular weight is 619 g/mol. The lowest BCUT2D eigenvalue weighted by Crippen LogP contribution is -2.46. The minimum absolute atomic E-state index is 0.101. The third-order valence-corrected chi connectivity index (χ3v) is 14.7. The van der Waals surface area contributed by atoms with E-state index in [9.17, 15) is 0 Å². The lowest BCUT2D eigenvalue weighted by Gasteiger charge is -2.43. The number of alkyl halides is 6. The molecular formula is C12H8Cl6I2. The van der Waals surface area contributed by atoms with E-state index in [1.54, 1.807) is 0 Å². The highest BCUT2D eigenvalue weighted by atomic mass is 127. The number of allylic oxidation sites excluding steroid dienone is 2. The number of fused-ring (bicyclic) bond motifs is 9. The van der Waals surface area contributed by atoms with Crippen LogP contribution in [0.3, 0.4) is 0 Å². The molecular weight excluding hydrogens is 611 g/mol. The summed E-state index contributed by atoms with van der Waals surface area (Å²) in [5.41, 5.74) is 0. The van der Waals surface area contributed by atoms with Gasteiger partial charge in [-0.05, 0) is 30.1 Å². The molecule has 0 nitrogen and oxygen atoms in total. The lowest BCUT2D eigenvalue weighted by atomic mass is 9.72. The third-order valence-electron chi connectivity index (χ3n) is 5.64. The van der Waals surface area contributed by atoms with Crippen molar-refractivity contribution in [1.82, 2.24) is 0 Å². The Bertz CT molecular complexity index is 506. The molecule has 20 heavy (non-hydrogen) atoms. The van der Waals surface area contributed by atoms with Crippen LogP contribution in [0.2, 0.25) is 0 Å². The largest absolute Gasteiger partial charge is 0.166 e. The van der Waals surface area contributed by atoms with Crippen molar-refractivity contribution >= 4 is 115 Å². The van der Waals surface area contributed by atoms with Gasteiger partial charge in [-0.1, -0.05) is 91.6 Å². The van der Waals surface area contributed by atoms with Gasteiger partial charge in [0.25, 0.3) is 0 Å². The summed E-state index contributed by atoms with van der Waals surface area (Å²) in [6.07, 6.45) is 1.11. The van der Waals surface area contributed by atoms with Gasteiger partial charge in [0, 0.05) is 7.85 Å². The highest BCUT2D eigenvalue weighted by molar-refractivity contribution is 14.1. The molecule has 0 aromatic rings. The Balaban J connectivity index is 1.98. The lowest BCUT2D eigenvalue weighted by molar-refractivity contribution is 0.238. The predicted octanol–water partition coefficient (Wildman–Crippen LogP) is 6.32. The third kappa shape index (κ3) is 1.41. The second-order valence-electron chi connectivity index (χ2n) is 6.13. The van der Waals surface area contributed by atoms with Crippen LogP contribution in [0.5, 0.6) is 0 Å². The summed E-state index contributed by atoms with van der Waals surface area (Å²) >= 11 is 45.0. The summed E-state index contributed by atoms with van der Waals surface area (Å²) in [7, 11) is 0. The SMILES string of the molecule is ClC1=C(Cl)[C@@]2(Cl)[C@@H]3[C@H]4C[C@H]([C@@H](I)[C@H]4I)[C@H]3[C@@]1(Cl)C2(Cl)Cl. The monoisotopic (exact) mass is 616 g/mol. The first kappa shape index (κ1) is 16.4. The van der Waals surface area contributed by atoms with Crippen LogP contribution in [0.4, 0.5) is 0 Å². The molecule has 4 aliphatic rings. The minimum Gasteiger partial charge on any atom is -0.109 e. The van der Waals surface area contributed by atoms with Crippen molar-refractivity contribution in [2.45, 2.75) is 28.4 Å². The molecule has 0 heterocycles. The number of hydrogen-bond donors (Lipinski definition) is 0. The maximum Gasteiger partial charge on any atom is 0.166 e. The van der Waals surface area contributed by atoms with Gasteiger partial charge in [-0.3, -0.25) is 0 Å². The van der Waals surface area contributed by atoms with Gasteiger partial charge in [-0.15, -0.1) is 23.2 Å². The zero-order valence-electron chi connectivity index (χ0n) is 9.69. The topological polar surface area (TPSA) is 0 Å². The van der Waals surface area contributed by atoms with Crippen molar-refractivity contribution in [2.24, 2.45) is 23.7 Å². The summed E-state index contributed by atoms with van der Waals surface area (Å²) in [6.45, 7) is 0. The molecule has 0 spiro atoms. The fraction of sp³-hybridized carbons (Fsp3) is 0.833. The van der Waals surface area contributed by atoms with Crippen molar-refractivity contribution in [2.75, 3.05) is 0 Å². The van der Waals surface area contributed by atoms with E-state index in [4.69, 9.17) is 69.6 Å². The van der Waals surface area contributed by atoms with E-state index in [1.807, 2.05) is 0 Å². The van der Waals surface area contributed by atoms with E-state index in [2.05, 4.69) is 45.2 Å².